The number of aromatic nitrogens is 1. The highest BCUT2D eigenvalue weighted by molar-refractivity contribution is 6.35. The van der Waals surface area contributed by atoms with Crippen molar-refractivity contribution in [1.82, 2.24) is 10.3 Å². The van der Waals surface area contributed by atoms with E-state index in [4.69, 9.17) is 34.8 Å². The molecule has 2 nitrogen and oxygen atoms in total. The van der Waals surface area contributed by atoms with Crippen molar-refractivity contribution >= 4 is 34.8 Å². The van der Waals surface area contributed by atoms with Crippen LogP contribution in [0.3, 0.4) is 0 Å². The minimum Gasteiger partial charge on any atom is -0.306 e. The van der Waals surface area contributed by atoms with Gasteiger partial charge in [-0.15, -0.1) is 0 Å². The largest absolute Gasteiger partial charge is 0.306 e. The molecule has 0 amide bonds. The lowest BCUT2D eigenvalue weighted by atomic mass is 10.1. The predicted octanol–water partition coefficient (Wildman–Crippen LogP) is 4.89. The molecule has 0 spiro atoms. The van der Waals surface area contributed by atoms with E-state index >= 15 is 0 Å². The lowest BCUT2D eigenvalue weighted by molar-refractivity contribution is 0.574. The van der Waals surface area contributed by atoms with Crippen LogP contribution in [-0.4, -0.2) is 4.98 Å². The van der Waals surface area contributed by atoms with Crippen LogP contribution in [0.15, 0.2) is 36.7 Å². The second-order valence-corrected chi connectivity index (χ2v) is 5.49. The van der Waals surface area contributed by atoms with Gasteiger partial charge in [0.05, 0.1) is 5.02 Å². The Balaban J connectivity index is 2.05. The molecule has 0 aliphatic carbocycles. The fraction of sp³-hybridized carbons (Fsp3) is 0.214. The number of hydrogen-bond donors (Lipinski definition) is 1. The van der Waals surface area contributed by atoms with Gasteiger partial charge in [-0.25, -0.2) is 0 Å². The van der Waals surface area contributed by atoms with Gasteiger partial charge in [-0.1, -0.05) is 40.9 Å². The zero-order valence-electron chi connectivity index (χ0n) is 10.3. The van der Waals surface area contributed by atoms with Crippen LogP contribution in [0, 0.1) is 0 Å². The number of hydrogen-bond acceptors (Lipinski definition) is 2. The minimum absolute atomic E-state index is 0.106. The summed E-state index contributed by atoms with van der Waals surface area (Å²) in [5, 5.41) is 5.33. The van der Waals surface area contributed by atoms with Gasteiger partial charge in [-0.05, 0) is 36.2 Å². The van der Waals surface area contributed by atoms with Crippen LogP contribution in [0.5, 0.6) is 0 Å². The third-order valence-corrected chi connectivity index (χ3v) is 3.79. The van der Waals surface area contributed by atoms with Crippen molar-refractivity contribution in [2.24, 2.45) is 0 Å². The smallest absolute Gasteiger partial charge is 0.0634 e. The molecule has 1 aromatic carbocycles. The quantitative estimate of drug-likeness (QED) is 0.868. The zero-order chi connectivity index (χ0) is 13.8. The van der Waals surface area contributed by atoms with Crippen LogP contribution in [-0.2, 0) is 6.54 Å². The summed E-state index contributed by atoms with van der Waals surface area (Å²) in [6, 6.07) is 7.51. The van der Waals surface area contributed by atoms with Crippen molar-refractivity contribution in [3.63, 3.8) is 0 Å². The van der Waals surface area contributed by atoms with E-state index in [0.29, 0.717) is 21.6 Å². The molecule has 0 fully saturated rings. The van der Waals surface area contributed by atoms with Crippen molar-refractivity contribution < 1.29 is 0 Å². The topological polar surface area (TPSA) is 24.9 Å². The van der Waals surface area contributed by atoms with E-state index in [-0.39, 0.29) is 6.04 Å². The average molecular weight is 316 g/mol. The van der Waals surface area contributed by atoms with Crippen LogP contribution < -0.4 is 5.32 Å². The van der Waals surface area contributed by atoms with E-state index in [0.717, 1.165) is 11.1 Å². The molecular weight excluding hydrogens is 303 g/mol. The Morgan fingerprint density at radius 1 is 1.16 bits per heavy atom. The summed E-state index contributed by atoms with van der Waals surface area (Å²) in [7, 11) is 0. The second kappa shape index (κ2) is 6.58. The highest BCUT2D eigenvalue weighted by Gasteiger charge is 2.10. The number of rotatable bonds is 4. The highest BCUT2D eigenvalue weighted by atomic mass is 35.5. The highest BCUT2D eigenvalue weighted by Crippen LogP contribution is 2.26. The monoisotopic (exact) mass is 314 g/mol. The Labute approximate surface area is 127 Å². The Bertz CT molecular complexity index is 572. The molecule has 0 saturated heterocycles. The van der Waals surface area contributed by atoms with Crippen LogP contribution in [0.2, 0.25) is 15.1 Å². The van der Waals surface area contributed by atoms with Crippen LogP contribution >= 0.6 is 34.8 Å². The maximum Gasteiger partial charge on any atom is 0.0634 e. The van der Waals surface area contributed by atoms with E-state index in [2.05, 4.69) is 10.3 Å². The van der Waals surface area contributed by atoms with E-state index < -0.39 is 0 Å². The predicted molar refractivity (Wildman–Crippen MR) is 81.0 cm³/mol. The Kier molecular flexibility index (Phi) is 5.06. The summed E-state index contributed by atoms with van der Waals surface area (Å²) in [5.74, 6) is 0. The number of nitrogens with zero attached hydrogens (tertiary/aromatic N) is 1. The molecule has 1 atom stereocenters. The molecule has 2 rings (SSSR count). The third kappa shape index (κ3) is 3.83. The van der Waals surface area contributed by atoms with Crippen LogP contribution in [0.4, 0.5) is 0 Å². The fourth-order valence-electron chi connectivity index (χ4n) is 1.77. The summed E-state index contributed by atoms with van der Waals surface area (Å²) < 4.78 is 0. The van der Waals surface area contributed by atoms with E-state index in [1.165, 1.54) is 0 Å². The standard InChI is InChI=1S/C14H13Cl3N2/c1-9(12-3-2-11(15)6-13(12)16)19-7-10-4-5-18-8-14(10)17/h2-6,8-9,19H,7H2,1H3. The lowest BCUT2D eigenvalue weighted by Gasteiger charge is -2.16. The van der Waals surface area contributed by atoms with Crippen molar-refractivity contribution in [2.75, 3.05) is 0 Å². The Morgan fingerprint density at radius 2 is 1.95 bits per heavy atom. The molecule has 0 radical (unpaired) electrons. The molecule has 0 aliphatic rings. The van der Waals surface area contributed by atoms with Crippen molar-refractivity contribution in [2.45, 2.75) is 19.5 Å². The Morgan fingerprint density at radius 3 is 2.63 bits per heavy atom. The molecular formula is C14H13Cl3N2. The summed E-state index contributed by atoms with van der Waals surface area (Å²) >= 11 is 18.1. The maximum atomic E-state index is 6.18. The molecule has 0 bridgehead atoms. The first kappa shape index (κ1) is 14.6. The Hall–Kier alpha value is -0.800. The van der Waals surface area contributed by atoms with E-state index in [1.54, 1.807) is 18.5 Å². The van der Waals surface area contributed by atoms with Gasteiger partial charge >= 0.3 is 0 Å². The van der Waals surface area contributed by atoms with Gasteiger partial charge in [0.15, 0.2) is 0 Å². The van der Waals surface area contributed by atoms with Crippen molar-refractivity contribution in [3.05, 3.63) is 62.9 Å². The second-order valence-electron chi connectivity index (χ2n) is 4.24. The van der Waals surface area contributed by atoms with Gasteiger partial charge in [0.2, 0.25) is 0 Å². The van der Waals surface area contributed by atoms with Gasteiger partial charge in [0.1, 0.15) is 0 Å². The first-order valence-electron chi connectivity index (χ1n) is 5.84. The first-order valence-corrected chi connectivity index (χ1v) is 6.98. The van der Waals surface area contributed by atoms with Gasteiger partial charge in [-0.3, -0.25) is 4.98 Å². The lowest BCUT2D eigenvalue weighted by Crippen LogP contribution is -2.18. The first-order chi connectivity index (χ1) is 9.08. The minimum atomic E-state index is 0.106. The molecule has 1 unspecified atom stereocenters. The molecule has 0 aliphatic heterocycles. The molecule has 19 heavy (non-hydrogen) atoms. The molecule has 2 aromatic rings. The summed E-state index contributed by atoms with van der Waals surface area (Å²) in [6.07, 6.45) is 3.36. The average Bonchev–Trinajstić information content (AvgIpc) is 2.37. The third-order valence-electron chi connectivity index (χ3n) is 2.88. The van der Waals surface area contributed by atoms with Crippen LogP contribution in [0.1, 0.15) is 24.1 Å². The molecule has 0 saturated carbocycles. The summed E-state index contributed by atoms with van der Waals surface area (Å²) in [5.41, 5.74) is 2.02. The molecule has 100 valence electrons. The normalized spacial score (nSPS) is 12.4. The summed E-state index contributed by atoms with van der Waals surface area (Å²) in [4.78, 5) is 3.96. The van der Waals surface area contributed by atoms with Crippen LogP contribution in [0.25, 0.3) is 0 Å². The molecule has 1 N–H and O–H groups in total. The van der Waals surface area contributed by atoms with Gasteiger partial charge in [-0.2, -0.15) is 0 Å². The maximum absolute atomic E-state index is 6.18. The van der Waals surface area contributed by atoms with Crippen molar-refractivity contribution in [3.8, 4) is 0 Å². The molecule has 1 heterocycles. The van der Waals surface area contributed by atoms with Crippen molar-refractivity contribution in [1.29, 1.82) is 0 Å². The SMILES string of the molecule is CC(NCc1ccncc1Cl)c1ccc(Cl)cc1Cl. The molecule has 5 heteroatoms. The zero-order valence-corrected chi connectivity index (χ0v) is 12.6. The van der Waals surface area contributed by atoms with Gasteiger partial charge in [0, 0.05) is 35.0 Å². The fourth-order valence-corrected chi connectivity index (χ4v) is 2.53. The van der Waals surface area contributed by atoms with Gasteiger partial charge in [0.25, 0.3) is 0 Å². The van der Waals surface area contributed by atoms with E-state index in [1.807, 2.05) is 25.1 Å². The number of pyridine rings is 1. The van der Waals surface area contributed by atoms with Gasteiger partial charge < -0.3 is 5.32 Å². The number of benzene rings is 1. The van der Waals surface area contributed by atoms with E-state index in [9.17, 15) is 0 Å². The number of nitrogens with one attached hydrogen (secondary N) is 1. The molecule has 1 aromatic heterocycles. The summed E-state index contributed by atoms with van der Waals surface area (Å²) in [6.45, 7) is 2.70. The number of halogens is 3.